The maximum absolute atomic E-state index is 11.8. The first-order valence-electron chi connectivity index (χ1n) is 9.53. The molecule has 0 aliphatic carbocycles. The molecular formula is C20H40O2. The lowest BCUT2D eigenvalue weighted by atomic mass is 9.85. The van der Waals surface area contributed by atoms with Gasteiger partial charge in [-0.2, -0.15) is 0 Å². The van der Waals surface area contributed by atoms with Crippen molar-refractivity contribution in [3.8, 4) is 0 Å². The molecule has 0 spiro atoms. The third-order valence-electron chi connectivity index (χ3n) is 4.07. The van der Waals surface area contributed by atoms with Crippen LogP contribution >= 0.6 is 0 Å². The Labute approximate surface area is 139 Å². The van der Waals surface area contributed by atoms with Crippen molar-refractivity contribution < 1.29 is 9.53 Å². The van der Waals surface area contributed by atoms with Gasteiger partial charge in [0.05, 0.1) is 6.61 Å². The molecule has 0 radical (unpaired) electrons. The SMILES string of the molecule is CCCCCCCCCCCC(=O)OCC(C)(C)CC(C)C. The Hall–Kier alpha value is -0.530. The molecule has 0 aromatic rings. The average Bonchev–Trinajstić information content (AvgIpc) is 2.42. The highest BCUT2D eigenvalue weighted by molar-refractivity contribution is 5.69. The van der Waals surface area contributed by atoms with Gasteiger partial charge in [0.15, 0.2) is 0 Å². The van der Waals surface area contributed by atoms with Gasteiger partial charge in [0, 0.05) is 6.42 Å². The quantitative estimate of drug-likeness (QED) is 0.269. The molecule has 0 fully saturated rings. The van der Waals surface area contributed by atoms with Gasteiger partial charge in [0.25, 0.3) is 0 Å². The minimum atomic E-state index is -0.0141. The van der Waals surface area contributed by atoms with Crippen LogP contribution in [0.4, 0.5) is 0 Å². The van der Waals surface area contributed by atoms with E-state index in [2.05, 4.69) is 34.6 Å². The highest BCUT2D eigenvalue weighted by atomic mass is 16.5. The van der Waals surface area contributed by atoms with E-state index >= 15 is 0 Å². The summed E-state index contributed by atoms with van der Waals surface area (Å²) >= 11 is 0. The van der Waals surface area contributed by atoms with E-state index in [9.17, 15) is 4.79 Å². The van der Waals surface area contributed by atoms with Gasteiger partial charge in [-0.25, -0.2) is 0 Å². The average molecular weight is 313 g/mol. The van der Waals surface area contributed by atoms with Gasteiger partial charge >= 0.3 is 5.97 Å². The van der Waals surface area contributed by atoms with E-state index < -0.39 is 0 Å². The largest absolute Gasteiger partial charge is 0.465 e. The fourth-order valence-corrected chi connectivity index (χ4v) is 3.09. The van der Waals surface area contributed by atoms with Crippen LogP contribution in [0.5, 0.6) is 0 Å². The summed E-state index contributed by atoms with van der Waals surface area (Å²) in [5.41, 5.74) is 0.0995. The lowest BCUT2D eigenvalue weighted by Crippen LogP contribution is -2.23. The first-order chi connectivity index (χ1) is 10.4. The molecule has 0 amide bonds. The molecule has 132 valence electrons. The van der Waals surface area contributed by atoms with Crippen molar-refractivity contribution in [1.82, 2.24) is 0 Å². The van der Waals surface area contributed by atoms with Gasteiger partial charge in [0.2, 0.25) is 0 Å². The number of esters is 1. The molecule has 0 aliphatic heterocycles. The fourth-order valence-electron chi connectivity index (χ4n) is 3.09. The van der Waals surface area contributed by atoms with Gasteiger partial charge in [-0.1, -0.05) is 86.0 Å². The molecule has 0 aromatic heterocycles. The van der Waals surface area contributed by atoms with Crippen molar-refractivity contribution in [1.29, 1.82) is 0 Å². The van der Waals surface area contributed by atoms with Crippen LogP contribution in [-0.2, 0) is 9.53 Å². The summed E-state index contributed by atoms with van der Waals surface area (Å²) in [6.45, 7) is 11.6. The number of rotatable bonds is 14. The molecule has 0 aliphatic rings. The van der Waals surface area contributed by atoms with Crippen molar-refractivity contribution in [2.75, 3.05) is 6.61 Å². The van der Waals surface area contributed by atoms with E-state index in [-0.39, 0.29) is 11.4 Å². The van der Waals surface area contributed by atoms with Crippen LogP contribution in [0.2, 0.25) is 0 Å². The number of carbonyl (C=O) groups excluding carboxylic acids is 1. The fraction of sp³-hybridized carbons (Fsp3) is 0.950. The van der Waals surface area contributed by atoms with E-state index in [1.165, 1.54) is 44.9 Å². The first-order valence-corrected chi connectivity index (χ1v) is 9.53. The first kappa shape index (κ1) is 21.5. The summed E-state index contributed by atoms with van der Waals surface area (Å²) in [5.74, 6) is 0.630. The zero-order valence-corrected chi connectivity index (χ0v) is 15.9. The van der Waals surface area contributed by atoms with Crippen molar-refractivity contribution in [2.45, 2.75) is 105 Å². The maximum atomic E-state index is 11.8. The van der Waals surface area contributed by atoms with Gasteiger partial charge in [-0.05, 0) is 24.2 Å². The zero-order chi connectivity index (χ0) is 16.8. The molecular weight excluding hydrogens is 272 g/mol. The number of ether oxygens (including phenoxy) is 1. The monoisotopic (exact) mass is 312 g/mol. The molecule has 0 atom stereocenters. The minimum Gasteiger partial charge on any atom is -0.465 e. The molecule has 2 nitrogen and oxygen atoms in total. The minimum absolute atomic E-state index is 0.0141. The molecule has 0 rings (SSSR count). The molecule has 2 heteroatoms. The second-order valence-corrected chi connectivity index (χ2v) is 8.00. The number of carbonyl (C=O) groups is 1. The normalized spacial score (nSPS) is 11.9. The molecule has 0 aromatic carbocycles. The van der Waals surface area contributed by atoms with Crippen LogP contribution < -0.4 is 0 Å². The van der Waals surface area contributed by atoms with Crippen LogP contribution in [0.15, 0.2) is 0 Å². The highest BCUT2D eigenvalue weighted by Gasteiger charge is 2.21. The van der Waals surface area contributed by atoms with Crippen LogP contribution in [0, 0.1) is 11.3 Å². The molecule has 22 heavy (non-hydrogen) atoms. The van der Waals surface area contributed by atoms with Crippen molar-refractivity contribution in [2.24, 2.45) is 11.3 Å². The molecule has 0 heterocycles. The third kappa shape index (κ3) is 14.4. The van der Waals surface area contributed by atoms with Crippen molar-refractivity contribution in [3.63, 3.8) is 0 Å². The summed E-state index contributed by atoms with van der Waals surface area (Å²) in [7, 11) is 0. The summed E-state index contributed by atoms with van der Waals surface area (Å²) in [5, 5.41) is 0. The maximum Gasteiger partial charge on any atom is 0.305 e. The second kappa shape index (κ2) is 13.0. The Kier molecular flexibility index (Phi) is 12.6. The van der Waals surface area contributed by atoms with E-state index in [0.717, 1.165) is 19.3 Å². The summed E-state index contributed by atoms with van der Waals surface area (Å²) in [6, 6.07) is 0. The van der Waals surface area contributed by atoms with E-state index in [1.54, 1.807) is 0 Å². The Morgan fingerprint density at radius 3 is 1.91 bits per heavy atom. The van der Waals surface area contributed by atoms with Crippen molar-refractivity contribution >= 4 is 5.97 Å². The predicted molar refractivity (Wildman–Crippen MR) is 96.0 cm³/mol. The molecule has 0 bridgehead atoms. The van der Waals surface area contributed by atoms with Gasteiger partial charge in [-0.3, -0.25) is 4.79 Å². The van der Waals surface area contributed by atoms with Crippen molar-refractivity contribution in [3.05, 3.63) is 0 Å². The van der Waals surface area contributed by atoms with Crippen LogP contribution in [-0.4, -0.2) is 12.6 Å². The number of unbranched alkanes of at least 4 members (excludes halogenated alkanes) is 8. The highest BCUT2D eigenvalue weighted by Crippen LogP contribution is 2.25. The van der Waals surface area contributed by atoms with Crippen LogP contribution in [0.1, 0.15) is 105 Å². The predicted octanol–water partition coefficient (Wildman–Crippen LogP) is 6.52. The Bertz CT molecular complexity index is 269. The summed E-state index contributed by atoms with van der Waals surface area (Å²) < 4.78 is 5.44. The Morgan fingerprint density at radius 2 is 1.41 bits per heavy atom. The lowest BCUT2D eigenvalue weighted by Gasteiger charge is -2.26. The molecule has 0 saturated carbocycles. The van der Waals surface area contributed by atoms with E-state index in [0.29, 0.717) is 18.9 Å². The standard InChI is InChI=1S/C20H40O2/c1-6-7-8-9-10-11-12-13-14-15-19(21)22-17-20(4,5)16-18(2)3/h18H,6-17H2,1-5H3. The van der Waals surface area contributed by atoms with Gasteiger partial charge in [0.1, 0.15) is 0 Å². The second-order valence-electron chi connectivity index (χ2n) is 8.00. The zero-order valence-electron chi connectivity index (χ0n) is 15.9. The topological polar surface area (TPSA) is 26.3 Å². The molecule has 0 unspecified atom stereocenters. The summed E-state index contributed by atoms with van der Waals surface area (Å²) in [4.78, 5) is 11.8. The number of hydrogen-bond donors (Lipinski definition) is 0. The number of hydrogen-bond acceptors (Lipinski definition) is 2. The summed E-state index contributed by atoms with van der Waals surface area (Å²) in [6.07, 6.45) is 13.2. The van der Waals surface area contributed by atoms with Crippen LogP contribution in [0.25, 0.3) is 0 Å². The van der Waals surface area contributed by atoms with E-state index in [4.69, 9.17) is 4.74 Å². The molecule has 0 N–H and O–H groups in total. The van der Waals surface area contributed by atoms with Gasteiger partial charge in [-0.15, -0.1) is 0 Å². The Morgan fingerprint density at radius 1 is 0.909 bits per heavy atom. The smallest absolute Gasteiger partial charge is 0.305 e. The van der Waals surface area contributed by atoms with Crippen LogP contribution in [0.3, 0.4) is 0 Å². The lowest BCUT2D eigenvalue weighted by molar-refractivity contribution is -0.147. The molecule has 0 saturated heterocycles. The third-order valence-corrected chi connectivity index (χ3v) is 4.07. The Balaban J connectivity index is 3.47. The van der Waals surface area contributed by atoms with Gasteiger partial charge < -0.3 is 4.74 Å². The van der Waals surface area contributed by atoms with E-state index in [1.807, 2.05) is 0 Å².